The lowest BCUT2D eigenvalue weighted by atomic mass is 10.1. The molecule has 0 saturated carbocycles. The van der Waals surface area contributed by atoms with E-state index >= 15 is 0 Å². The molecule has 2 aromatic heterocycles. The zero-order valence-electron chi connectivity index (χ0n) is 12.8. The minimum Gasteiger partial charge on any atom is -0.399 e. The average molecular weight is 303 g/mol. The predicted molar refractivity (Wildman–Crippen MR) is 94.1 cm³/mol. The molecule has 0 aliphatic rings. The van der Waals surface area contributed by atoms with Crippen LogP contribution in [0.5, 0.6) is 0 Å². The van der Waals surface area contributed by atoms with Gasteiger partial charge in [0.15, 0.2) is 5.82 Å². The third-order valence-corrected chi connectivity index (χ3v) is 4.12. The Balaban J connectivity index is 1.98. The number of rotatable bonds is 2. The van der Waals surface area contributed by atoms with Crippen LogP contribution in [0.25, 0.3) is 21.9 Å². The van der Waals surface area contributed by atoms with Crippen molar-refractivity contribution in [3.8, 4) is 0 Å². The summed E-state index contributed by atoms with van der Waals surface area (Å²) < 4.78 is 2.18. The molecule has 0 amide bonds. The van der Waals surface area contributed by atoms with Crippen molar-refractivity contribution in [2.75, 3.05) is 11.5 Å². The molecule has 5 nitrogen and oxygen atoms in total. The smallest absolute Gasteiger partial charge is 0.152 e. The molecule has 4 aromatic rings. The number of hydrogen-bond donors (Lipinski definition) is 2. The fourth-order valence-corrected chi connectivity index (χ4v) is 2.97. The second kappa shape index (κ2) is 4.98. The number of imidazole rings is 1. The molecule has 0 unspecified atom stereocenters. The molecule has 0 aliphatic heterocycles. The highest BCUT2D eigenvalue weighted by Gasteiger charge is 2.15. The van der Waals surface area contributed by atoms with Crippen LogP contribution in [0.1, 0.15) is 11.4 Å². The van der Waals surface area contributed by atoms with E-state index in [2.05, 4.69) is 20.6 Å². The molecule has 0 aliphatic carbocycles. The van der Waals surface area contributed by atoms with Crippen LogP contribution in [-0.2, 0) is 6.54 Å². The van der Waals surface area contributed by atoms with Gasteiger partial charge in [0.2, 0.25) is 0 Å². The summed E-state index contributed by atoms with van der Waals surface area (Å²) in [4.78, 5) is 9.09. The standard InChI is InChI=1S/C18H17N5/c1-11-21-16-17(14-4-2-3-5-15(14)22-18(16)20)23(11)10-12-6-8-13(19)9-7-12/h2-9H,10,19H2,1H3,(H2,20,22). The van der Waals surface area contributed by atoms with E-state index in [0.717, 1.165) is 40.0 Å². The van der Waals surface area contributed by atoms with E-state index in [1.165, 1.54) is 5.56 Å². The molecule has 2 heterocycles. The van der Waals surface area contributed by atoms with E-state index in [4.69, 9.17) is 11.5 Å². The molecule has 4 rings (SSSR count). The number of nitrogen functional groups attached to an aromatic ring is 2. The van der Waals surface area contributed by atoms with Gasteiger partial charge in [-0.05, 0) is 30.7 Å². The van der Waals surface area contributed by atoms with Crippen LogP contribution in [0.2, 0.25) is 0 Å². The van der Waals surface area contributed by atoms with Crippen molar-refractivity contribution in [1.82, 2.24) is 14.5 Å². The van der Waals surface area contributed by atoms with Gasteiger partial charge in [-0.1, -0.05) is 30.3 Å². The Morgan fingerprint density at radius 1 is 0.957 bits per heavy atom. The van der Waals surface area contributed by atoms with Crippen LogP contribution in [0.3, 0.4) is 0 Å². The van der Waals surface area contributed by atoms with Gasteiger partial charge in [0.05, 0.1) is 11.0 Å². The van der Waals surface area contributed by atoms with Gasteiger partial charge in [-0.15, -0.1) is 0 Å². The summed E-state index contributed by atoms with van der Waals surface area (Å²) in [5.74, 6) is 1.39. The van der Waals surface area contributed by atoms with Crippen molar-refractivity contribution in [2.24, 2.45) is 0 Å². The molecular weight excluding hydrogens is 286 g/mol. The number of nitrogens with zero attached hydrogens (tertiary/aromatic N) is 3. The number of hydrogen-bond acceptors (Lipinski definition) is 4. The Bertz CT molecular complexity index is 1020. The van der Waals surface area contributed by atoms with Gasteiger partial charge in [0.25, 0.3) is 0 Å². The minimum atomic E-state index is 0.470. The van der Waals surface area contributed by atoms with E-state index in [9.17, 15) is 0 Å². The zero-order chi connectivity index (χ0) is 16.0. The molecule has 0 fully saturated rings. The highest BCUT2D eigenvalue weighted by molar-refractivity contribution is 6.06. The highest BCUT2D eigenvalue weighted by atomic mass is 15.1. The minimum absolute atomic E-state index is 0.470. The Kier molecular flexibility index (Phi) is 2.94. The molecule has 0 saturated heterocycles. The summed E-state index contributed by atoms with van der Waals surface area (Å²) >= 11 is 0. The lowest BCUT2D eigenvalue weighted by molar-refractivity contribution is 0.788. The summed E-state index contributed by atoms with van der Waals surface area (Å²) in [6.07, 6.45) is 0. The maximum atomic E-state index is 6.11. The van der Waals surface area contributed by atoms with E-state index in [1.807, 2.05) is 49.4 Å². The normalized spacial score (nSPS) is 11.3. The van der Waals surface area contributed by atoms with Crippen molar-refractivity contribution in [3.63, 3.8) is 0 Å². The lowest BCUT2D eigenvalue weighted by Gasteiger charge is -2.09. The first-order chi connectivity index (χ1) is 11.1. The molecule has 0 radical (unpaired) electrons. The summed E-state index contributed by atoms with van der Waals surface area (Å²) in [5.41, 5.74) is 16.5. The summed E-state index contributed by atoms with van der Waals surface area (Å²) in [7, 11) is 0. The van der Waals surface area contributed by atoms with E-state index in [1.54, 1.807) is 0 Å². The van der Waals surface area contributed by atoms with E-state index in [-0.39, 0.29) is 0 Å². The van der Waals surface area contributed by atoms with Crippen molar-refractivity contribution < 1.29 is 0 Å². The van der Waals surface area contributed by atoms with Crippen molar-refractivity contribution in [3.05, 3.63) is 59.9 Å². The van der Waals surface area contributed by atoms with Gasteiger partial charge in [-0.2, -0.15) is 0 Å². The number of para-hydroxylation sites is 1. The summed E-state index contributed by atoms with van der Waals surface area (Å²) in [6.45, 7) is 2.71. The number of nitrogens with two attached hydrogens (primary N) is 2. The number of aryl methyl sites for hydroxylation is 1. The lowest BCUT2D eigenvalue weighted by Crippen LogP contribution is -2.03. The molecule has 0 bridgehead atoms. The largest absolute Gasteiger partial charge is 0.399 e. The number of benzene rings is 2. The van der Waals surface area contributed by atoms with Crippen LogP contribution in [0.4, 0.5) is 11.5 Å². The Labute approximate surface area is 133 Å². The van der Waals surface area contributed by atoms with Crippen LogP contribution in [-0.4, -0.2) is 14.5 Å². The molecule has 5 heteroatoms. The monoisotopic (exact) mass is 303 g/mol. The van der Waals surface area contributed by atoms with Gasteiger partial charge in [-0.25, -0.2) is 9.97 Å². The van der Waals surface area contributed by atoms with Gasteiger partial charge >= 0.3 is 0 Å². The molecule has 0 atom stereocenters. The van der Waals surface area contributed by atoms with Gasteiger partial charge < -0.3 is 16.0 Å². The van der Waals surface area contributed by atoms with E-state index in [0.29, 0.717) is 5.82 Å². The fraction of sp³-hybridized carbons (Fsp3) is 0.111. The molecule has 0 spiro atoms. The molecular formula is C18H17N5. The van der Waals surface area contributed by atoms with Crippen LogP contribution in [0.15, 0.2) is 48.5 Å². The first-order valence-corrected chi connectivity index (χ1v) is 7.49. The number of anilines is 2. The number of aromatic nitrogens is 3. The molecule has 2 aromatic carbocycles. The van der Waals surface area contributed by atoms with Crippen LogP contribution in [0, 0.1) is 6.92 Å². The number of pyridine rings is 1. The third-order valence-electron chi connectivity index (χ3n) is 4.12. The first kappa shape index (κ1) is 13.6. The zero-order valence-corrected chi connectivity index (χ0v) is 12.8. The maximum absolute atomic E-state index is 6.11. The topological polar surface area (TPSA) is 82.8 Å². The van der Waals surface area contributed by atoms with Crippen LogP contribution < -0.4 is 11.5 Å². The third kappa shape index (κ3) is 2.17. The van der Waals surface area contributed by atoms with Crippen LogP contribution >= 0.6 is 0 Å². The van der Waals surface area contributed by atoms with Crippen molar-refractivity contribution >= 4 is 33.4 Å². The summed E-state index contributed by atoms with van der Waals surface area (Å²) in [6, 6.07) is 15.9. The molecule has 114 valence electrons. The molecule has 23 heavy (non-hydrogen) atoms. The first-order valence-electron chi connectivity index (χ1n) is 7.49. The second-order valence-corrected chi connectivity index (χ2v) is 5.70. The predicted octanol–water partition coefficient (Wildman–Crippen LogP) is 3.11. The average Bonchev–Trinajstić information content (AvgIpc) is 2.87. The second-order valence-electron chi connectivity index (χ2n) is 5.70. The fourth-order valence-electron chi connectivity index (χ4n) is 2.97. The Morgan fingerprint density at radius 3 is 2.48 bits per heavy atom. The molecule has 4 N–H and O–H groups in total. The van der Waals surface area contributed by atoms with Gasteiger partial charge in [0.1, 0.15) is 11.3 Å². The Hall–Kier alpha value is -3.08. The quantitative estimate of drug-likeness (QED) is 0.557. The SMILES string of the molecule is Cc1nc2c(N)nc3ccccc3c2n1Cc1ccc(N)cc1. The maximum Gasteiger partial charge on any atom is 0.152 e. The number of fused-ring (bicyclic) bond motifs is 3. The van der Waals surface area contributed by atoms with Gasteiger partial charge in [-0.3, -0.25) is 0 Å². The van der Waals surface area contributed by atoms with Crippen molar-refractivity contribution in [1.29, 1.82) is 0 Å². The van der Waals surface area contributed by atoms with Gasteiger partial charge in [0, 0.05) is 17.6 Å². The van der Waals surface area contributed by atoms with E-state index < -0.39 is 0 Å². The van der Waals surface area contributed by atoms with Crippen molar-refractivity contribution in [2.45, 2.75) is 13.5 Å². The summed E-state index contributed by atoms with van der Waals surface area (Å²) in [5, 5.41) is 1.06. The highest BCUT2D eigenvalue weighted by Crippen LogP contribution is 2.29. The Morgan fingerprint density at radius 2 is 1.70 bits per heavy atom.